The normalized spacial score (nSPS) is 10.3. The number of nitrogens with one attached hydrogen (secondary N) is 3. The first-order valence-corrected chi connectivity index (χ1v) is 11.0. The minimum absolute atomic E-state index is 0.133. The SMILES string of the molecule is N#Cc1c(-c2cccc(NC(=O)CCOc3ccccc3)c2)nc(Nc2ccc(Cl)cc2)[nH]c1=O. The van der Waals surface area contributed by atoms with Gasteiger partial charge in [-0.1, -0.05) is 41.9 Å². The van der Waals surface area contributed by atoms with Gasteiger partial charge in [-0.15, -0.1) is 0 Å². The maximum atomic E-state index is 12.5. The molecule has 9 heteroatoms. The fourth-order valence-corrected chi connectivity index (χ4v) is 3.39. The third-order valence-corrected chi connectivity index (χ3v) is 5.15. The molecule has 0 radical (unpaired) electrons. The van der Waals surface area contributed by atoms with E-state index in [1.54, 1.807) is 48.5 Å². The quantitative estimate of drug-likeness (QED) is 0.319. The summed E-state index contributed by atoms with van der Waals surface area (Å²) in [6.07, 6.45) is 0.154. The van der Waals surface area contributed by atoms with E-state index in [9.17, 15) is 14.9 Å². The molecule has 8 nitrogen and oxygen atoms in total. The molecular weight excluding hydrogens is 466 g/mol. The van der Waals surface area contributed by atoms with Crippen molar-refractivity contribution < 1.29 is 9.53 Å². The first-order chi connectivity index (χ1) is 17.0. The summed E-state index contributed by atoms with van der Waals surface area (Å²) in [5, 5.41) is 15.9. The van der Waals surface area contributed by atoms with E-state index < -0.39 is 5.56 Å². The number of aromatic amines is 1. The topological polar surface area (TPSA) is 120 Å². The van der Waals surface area contributed by atoms with Crippen molar-refractivity contribution in [3.05, 3.63) is 99.8 Å². The average Bonchev–Trinajstić information content (AvgIpc) is 2.86. The van der Waals surface area contributed by atoms with Crippen LogP contribution in [0.25, 0.3) is 11.3 Å². The van der Waals surface area contributed by atoms with E-state index in [-0.39, 0.29) is 36.1 Å². The largest absolute Gasteiger partial charge is 0.493 e. The third kappa shape index (κ3) is 6.25. The number of carbonyl (C=O) groups is 1. The van der Waals surface area contributed by atoms with Gasteiger partial charge in [0.15, 0.2) is 0 Å². The maximum Gasteiger partial charge on any atom is 0.270 e. The van der Waals surface area contributed by atoms with E-state index in [1.807, 2.05) is 36.4 Å². The van der Waals surface area contributed by atoms with E-state index in [0.29, 0.717) is 27.7 Å². The van der Waals surface area contributed by atoms with Crippen molar-refractivity contribution in [1.82, 2.24) is 9.97 Å². The molecule has 4 rings (SSSR count). The van der Waals surface area contributed by atoms with Crippen LogP contribution >= 0.6 is 11.6 Å². The molecule has 0 saturated heterocycles. The highest BCUT2D eigenvalue weighted by Crippen LogP contribution is 2.25. The number of halogens is 1. The van der Waals surface area contributed by atoms with Gasteiger partial charge in [-0.25, -0.2) is 4.98 Å². The molecule has 3 aromatic carbocycles. The van der Waals surface area contributed by atoms with Crippen LogP contribution in [-0.2, 0) is 4.79 Å². The van der Waals surface area contributed by atoms with Gasteiger partial charge < -0.3 is 15.4 Å². The molecular formula is C26H20ClN5O3. The molecule has 0 saturated carbocycles. The third-order valence-electron chi connectivity index (χ3n) is 4.90. The van der Waals surface area contributed by atoms with Gasteiger partial charge in [0.25, 0.3) is 5.56 Å². The summed E-state index contributed by atoms with van der Waals surface area (Å²) in [6.45, 7) is 0.226. The highest BCUT2D eigenvalue weighted by atomic mass is 35.5. The molecule has 1 amide bonds. The van der Waals surface area contributed by atoms with Crippen molar-refractivity contribution in [1.29, 1.82) is 5.26 Å². The van der Waals surface area contributed by atoms with Crippen molar-refractivity contribution in [2.24, 2.45) is 0 Å². The number of hydrogen-bond acceptors (Lipinski definition) is 6. The predicted molar refractivity (Wildman–Crippen MR) is 135 cm³/mol. The number of H-pyrrole nitrogens is 1. The number of amides is 1. The van der Waals surface area contributed by atoms with Gasteiger partial charge in [0.1, 0.15) is 17.4 Å². The van der Waals surface area contributed by atoms with E-state index in [2.05, 4.69) is 20.6 Å². The molecule has 0 atom stereocenters. The zero-order valence-corrected chi connectivity index (χ0v) is 19.2. The number of nitrogens with zero attached hydrogens (tertiary/aromatic N) is 2. The van der Waals surface area contributed by atoms with Gasteiger partial charge in [0.2, 0.25) is 11.9 Å². The van der Waals surface area contributed by atoms with Crippen LogP contribution in [0.1, 0.15) is 12.0 Å². The van der Waals surface area contributed by atoms with Crippen LogP contribution in [0.15, 0.2) is 83.7 Å². The number of para-hydroxylation sites is 1. The first-order valence-electron chi connectivity index (χ1n) is 10.7. The van der Waals surface area contributed by atoms with Crippen LogP contribution in [0.3, 0.4) is 0 Å². The number of ether oxygens (including phenoxy) is 1. The number of anilines is 3. The summed E-state index contributed by atoms with van der Waals surface area (Å²) < 4.78 is 5.56. The summed E-state index contributed by atoms with van der Waals surface area (Å²) >= 11 is 5.92. The fourth-order valence-electron chi connectivity index (χ4n) is 3.26. The van der Waals surface area contributed by atoms with Crippen LogP contribution in [0.2, 0.25) is 5.02 Å². The van der Waals surface area contributed by atoms with Crippen molar-refractivity contribution in [3.8, 4) is 23.1 Å². The standard InChI is InChI=1S/C26H20ClN5O3/c27-18-9-11-19(12-10-18)30-26-31-24(22(16-28)25(34)32-26)17-5-4-6-20(15-17)29-23(33)13-14-35-21-7-2-1-3-8-21/h1-12,15H,13-14H2,(H,29,33)(H2,30,31,32,34). The molecule has 0 aliphatic rings. The number of hydrogen-bond donors (Lipinski definition) is 3. The van der Waals surface area contributed by atoms with Crippen LogP contribution in [0, 0.1) is 11.3 Å². The van der Waals surface area contributed by atoms with Crippen molar-refractivity contribution in [2.45, 2.75) is 6.42 Å². The Morgan fingerprint density at radius 3 is 2.54 bits per heavy atom. The second kappa shape index (κ2) is 11.0. The summed E-state index contributed by atoms with van der Waals surface area (Å²) in [5.41, 5.74) is 1.14. The molecule has 35 heavy (non-hydrogen) atoms. The summed E-state index contributed by atoms with van der Waals surface area (Å²) in [4.78, 5) is 31.9. The Hall–Kier alpha value is -4.61. The van der Waals surface area contributed by atoms with E-state index in [4.69, 9.17) is 16.3 Å². The molecule has 0 aliphatic heterocycles. The molecule has 0 unspecified atom stereocenters. The van der Waals surface area contributed by atoms with Crippen LogP contribution in [0.5, 0.6) is 5.75 Å². The number of benzene rings is 3. The lowest BCUT2D eigenvalue weighted by Crippen LogP contribution is -2.16. The Bertz CT molecular complexity index is 1430. The molecule has 0 aliphatic carbocycles. The second-order valence-electron chi connectivity index (χ2n) is 7.42. The minimum atomic E-state index is -0.582. The Kier molecular flexibility index (Phi) is 7.40. The van der Waals surface area contributed by atoms with Gasteiger partial charge in [0, 0.05) is 22.0 Å². The number of carbonyl (C=O) groups excluding carboxylic acids is 1. The minimum Gasteiger partial charge on any atom is -0.493 e. The molecule has 4 aromatic rings. The highest BCUT2D eigenvalue weighted by molar-refractivity contribution is 6.30. The molecule has 0 bridgehead atoms. The number of nitriles is 1. The average molecular weight is 486 g/mol. The van der Waals surface area contributed by atoms with Gasteiger partial charge in [0.05, 0.1) is 18.7 Å². The van der Waals surface area contributed by atoms with E-state index in [0.717, 1.165) is 0 Å². The number of aromatic nitrogens is 2. The maximum absolute atomic E-state index is 12.5. The Balaban J connectivity index is 1.50. The van der Waals surface area contributed by atoms with Gasteiger partial charge in [-0.2, -0.15) is 5.26 Å². The highest BCUT2D eigenvalue weighted by Gasteiger charge is 2.15. The Morgan fingerprint density at radius 2 is 1.80 bits per heavy atom. The van der Waals surface area contributed by atoms with Crippen molar-refractivity contribution in [2.75, 3.05) is 17.2 Å². The second-order valence-corrected chi connectivity index (χ2v) is 7.86. The first kappa shape index (κ1) is 23.5. The van der Waals surface area contributed by atoms with Crippen LogP contribution in [-0.4, -0.2) is 22.5 Å². The zero-order chi connectivity index (χ0) is 24.6. The summed E-state index contributed by atoms with van der Waals surface area (Å²) in [7, 11) is 0. The van der Waals surface area contributed by atoms with E-state index in [1.165, 1.54) is 0 Å². The lowest BCUT2D eigenvalue weighted by molar-refractivity contribution is -0.116. The fraction of sp³-hybridized carbons (Fsp3) is 0.0769. The zero-order valence-electron chi connectivity index (χ0n) is 18.4. The van der Waals surface area contributed by atoms with Gasteiger partial charge in [-0.3, -0.25) is 14.6 Å². The lowest BCUT2D eigenvalue weighted by atomic mass is 10.1. The van der Waals surface area contributed by atoms with Crippen molar-refractivity contribution in [3.63, 3.8) is 0 Å². The molecule has 1 aromatic heterocycles. The molecule has 0 spiro atoms. The van der Waals surface area contributed by atoms with Crippen LogP contribution in [0.4, 0.5) is 17.3 Å². The molecule has 3 N–H and O–H groups in total. The Morgan fingerprint density at radius 1 is 1.03 bits per heavy atom. The predicted octanol–water partition coefficient (Wildman–Crippen LogP) is 5.11. The van der Waals surface area contributed by atoms with Crippen LogP contribution < -0.4 is 20.9 Å². The van der Waals surface area contributed by atoms with Crippen molar-refractivity contribution >= 4 is 34.8 Å². The molecule has 1 heterocycles. The molecule has 0 fully saturated rings. The van der Waals surface area contributed by atoms with Gasteiger partial charge in [-0.05, 0) is 48.5 Å². The lowest BCUT2D eigenvalue weighted by Gasteiger charge is -2.11. The smallest absolute Gasteiger partial charge is 0.270 e. The summed E-state index contributed by atoms with van der Waals surface area (Å²) in [6, 6.07) is 24.8. The Labute approximate surface area is 206 Å². The molecule has 174 valence electrons. The summed E-state index contributed by atoms with van der Waals surface area (Å²) in [5.74, 6) is 0.621. The van der Waals surface area contributed by atoms with Gasteiger partial charge >= 0.3 is 0 Å². The van der Waals surface area contributed by atoms with E-state index >= 15 is 0 Å². The number of rotatable bonds is 8. The monoisotopic (exact) mass is 485 g/mol.